The molecule has 1 aromatic carbocycles. The van der Waals surface area contributed by atoms with Crippen LogP contribution in [0.15, 0.2) is 16.5 Å². The van der Waals surface area contributed by atoms with Crippen molar-refractivity contribution >= 4 is 34.4 Å². The number of aryl methyl sites for hydroxylation is 2. The fourth-order valence-corrected chi connectivity index (χ4v) is 2.79. The largest absolute Gasteiger partial charge is 0.464 e. The van der Waals surface area contributed by atoms with E-state index in [1.807, 2.05) is 13.0 Å². The summed E-state index contributed by atoms with van der Waals surface area (Å²) in [5.41, 5.74) is 2.18. The lowest BCUT2D eigenvalue weighted by molar-refractivity contribution is -0.139. The van der Waals surface area contributed by atoms with E-state index >= 15 is 0 Å². The highest BCUT2D eigenvalue weighted by atomic mass is 35.5. The molecular weight excluding hydrogens is 294 g/mol. The van der Waals surface area contributed by atoms with Crippen molar-refractivity contribution in [3.05, 3.63) is 34.0 Å². The second kappa shape index (κ2) is 5.07. The Morgan fingerprint density at radius 3 is 2.81 bits per heavy atom. The SMILES string of the molecule is Cc1cc(Cl)c2oc(C(=O)NC3CCOC3=O)c(C)c2c1. The number of amides is 1. The molecule has 110 valence electrons. The molecule has 6 heteroatoms. The molecule has 21 heavy (non-hydrogen) atoms. The Labute approximate surface area is 126 Å². The van der Waals surface area contributed by atoms with Crippen LogP contribution in [-0.4, -0.2) is 24.5 Å². The van der Waals surface area contributed by atoms with Crippen LogP contribution in [0.1, 0.15) is 28.1 Å². The van der Waals surface area contributed by atoms with Crippen molar-refractivity contribution in [2.24, 2.45) is 0 Å². The lowest BCUT2D eigenvalue weighted by Gasteiger charge is -2.07. The van der Waals surface area contributed by atoms with Crippen LogP contribution in [0.5, 0.6) is 0 Å². The van der Waals surface area contributed by atoms with Gasteiger partial charge in [0.25, 0.3) is 5.91 Å². The summed E-state index contributed by atoms with van der Waals surface area (Å²) in [5, 5.41) is 3.90. The maximum Gasteiger partial charge on any atom is 0.328 e. The predicted molar refractivity (Wildman–Crippen MR) is 77.5 cm³/mol. The van der Waals surface area contributed by atoms with E-state index in [1.54, 1.807) is 13.0 Å². The second-order valence-electron chi connectivity index (χ2n) is 5.16. The fraction of sp³-hybridized carbons (Fsp3) is 0.333. The van der Waals surface area contributed by atoms with Gasteiger partial charge >= 0.3 is 5.97 Å². The van der Waals surface area contributed by atoms with Crippen molar-refractivity contribution in [2.75, 3.05) is 6.61 Å². The third-order valence-electron chi connectivity index (χ3n) is 3.58. The van der Waals surface area contributed by atoms with Gasteiger partial charge in [0.2, 0.25) is 0 Å². The van der Waals surface area contributed by atoms with Crippen LogP contribution in [0, 0.1) is 13.8 Å². The molecule has 1 amide bonds. The molecule has 0 spiro atoms. The molecule has 2 heterocycles. The Balaban J connectivity index is 1.96. The third kappa shape index (κ3) is 2.38. The number of esters is 1. The number of fused-ring (bicyclic) bond motifs is 1. The number of benzene rings is 1. The van der Waals surface area contributed by atoms with Gasteiger partial charge in [-0.2, -0.15) is 0 Å². The molecule has 0 radical (unpaired) electrons. The molecule has 1 aliphatic heterocycles. The number of rotatable bonds is 2. The van der Waals surface area contributed by atoms with Crippen LogP contribution in [-0.2, 0) is 9.53 Å². The Morgan fingerprint density at radius 2 is 2.14 bits per heavy atom. The Hall–Kier alpha value is -2.01. The van der Waals surface area contributed by atoms with Gasteiger partial charge in [0, 0.05) is 17.4 Å². The van der Waals surface area contributed by atoms with Crippen LogP contribution < -0.4 is 5.32 Å². The molecule has 1 N–H and O–H groups in total. The van der Waals surface area contributed by atoms with Gasteiger partial charge in [-0.25, -0.2) is 4.79 Å². The van der Waals surface area contributed by atoms with Crippen molar-refractivity contribution in [1.29, 1.82) is 0 Å². The minimum Gasteiger partial charge on any atom is -0.464 e. The number of furan rings is 1. The quantitative estimate of drug-likeness (QED) is 0.866. The number of hydrogen-bond acceptors (Lipinski definition) is 4. The normalized spacial score (nSPS) is 18.0. The van der Waals surface area contributed by atoms with Gasteiger partial charge in [0.15, 0.2) is 11.3 Å². The van der Waals surface area contributed by atoms with Crippen LogP contribution in [0.25, 0.3) is 11.0 Å². The summed E-state index contributed by atoms with van der Waals surface area (Å²) in [7, 11) is 0. The zero-order chi connectivity index (χ0) is 15.1. The molecule has 1 fully saturated rings. The Bertz CT molecular complexity index is 750. The molecule has 0 saturated carbocycles. The maximum absolute atomic E-state index is 12.3. The summed E-state index contributed by atoms with van der Waals surface area (Å²) >= 11 is 6.15. The van der Waals surface area contributed by atoms with Gasteiger partial charge in [-0.1, -0.05) is 11.6 Å². The molecule has 5 nitrogen and oxygen atoms in total. The molecule has 1 atom stereocenters. The van der Waals surface area contributed by atoms with E-state index < -0.39 is 17.9 Å². The minimum absolute atomic E-state index is 0.178. The molecule has 3 rings (SSSR count). The number of cyclic esters (lactones) is 1. The maximum atomic E-state index is 12.3. The van der Waals surface area contributed by atoms with Gasteiger partial charge < -0.3 is 14.5 Å². The molecular formula is C15H14ClNO4. The number of nitrogens with one attached hydrogen (secondary N) is 1. The van der Waals surface area contributed by atoms with Crippen molar-refractivity contribution in [3.8, 4) is 0 Å². The topological polar surface area (TPSA) is 68.5 Å². The predicted octanol–water partition coefficient (Wildman–Crippen LogP) is 2.75. The van der Waals surface area contributed by atoms with Crippen LogP contribution in [0.2, 0.25) is 5.02 Å². The molecule has 1 aliphatic rings. The Kier molecular flexibility index (Phi) is 3.37. The van der Waals surface area contributed by atoms with E-state index in [0.29, 0.717) is 29.2 Å². The first-order chi connectivity index (χ1) is 9.97. The van der Waals surface area contributed by atoms with Gasteiger partial charge in [0.05, 0.1) is 11.6 Å². The number of ether oxygens (including phenoxy) is 1. The van der Waals surface area contributed by atoms with E-state index in [0.717, 1.165) is 10.9 Å². The zero-order valence-electron chi connectivity index (χ0n) is 11.7. The molecule has 0 bridgehead atoms. The highest BCUT2D eigenvalue weighted by molar-refractivity contribution is 6.35. The average molecular weight is 308 g/mol. The van der Waals surface area contributed by atoms with Crippen molar-refractivity contribution < 1.29 is 18.7 Å². The lowest BCUT2D eigenvalue weighted by Crippen LogP contribution is -2.37. The first kappa shape index (κ1) is 13.9. The number of carbonyl (C=O) groups excluding carboxylic acids is 2. The standard InChI is InChI=1S/C15H14ClNO4/c1-7-5-9-8(2)12(21-13(9)10(16)6-7)14(18)17-11-3-4-20-15(11)19/h5-6,11H,3-4H2,1-2H3,(H,17,18). The van der Waals surface area contributed by atoms with Crippen LogP contribution >= 0.6 is 11.6 Å². The van der Waals surface area contributed by atoms with E-state index in [2.05, 4.69) is 5.32 Å². The van der Waals surface area contributed by atoms with Crippen LogP contribution in [0.3, 0.4) is 0 Å². The third-order valence-corrected chi connectivity index (χ3v) is 3.86. The summed E-state index contributed by atoms with van der Waals surface area (Å²) in [5.74, 6) is -0.663. The molecule has 1 unspecified atom stereocenters. The second-order valence-corrected chi connectivity index (χ2v) is 5.57. The summed E-state index contributed by atoms with van der Waals surface area (Å²) in [6.07, 6.45) is 0.476. The van der Waals surface area contributed by atoms with Gasteiger partial charge in [0.1, 0.15) is 6.04 Å². The first-order valence-corrected chi connectivity index (χ1v) is 7.02. The van der Waals surface area contributed by atoms with Gasteiger partial charge in [-0.15, -0.1) is 0 Å². The van der Waals surface area contributed by atoms with E-state index in [4.69, 9.17) is 20.8 Å². The summed E-state index contributed by atoms with van der Waals surface area (Å²) in [6.45, 7) is 4.05. The fourth-order valence-electron chi connectivity index (χ4n) is 2.48. The highest BCUT2D eigenvalue weighted by Gasteiger charge is 2.30. The molecule has 2 aromatic rings. The minimum atomic E-state index is -0.609. The number of hydrogen-bond donors (Lipinski definition) is 1. The van der Waals surface area contributed by atoms with Crippen molar-refractivity contribution in [3.63, 3.8) is 0 Å². The van der Waals surface area contributed by atoms with Crippen LogP contribution in [0.4, 0.5) is 0 Å². The average Bonchev–Trinajstić information content (AvgIpc) is 2.95. The highest BCUT2D eigenvalue weighted by Crippen LogP contribution is 2.32. The summed E-state index contributed by atoms with van der Waals surface area (Å²) in [4.78, 5) is 23.7. The van der Waals surface area contributed by atoms with Gasteiger partial charge in [-0.05, 0) is 31.5 Å². The van der Waals surface area contributed by atoms with E-state index in [-0.39, 0.29) is 5.76 Å². The van der Waals surface area contributed by atoms with Gasteiger partial charge in [-0.3, -0.25) is 4.79 Å². The van der Waals surface area contributed by atoms with Crippen molar-refractivity contribution in [1.82, 2.24) is 5.32 Å². The molecule has 0 aliphatic carbocycles. The summed E-state index contributed by atoms with van der Waals surface area (Å²) < 4.78 is 10.4. The Morgan fingerprint density at radius 1 is 1.38 bits per heavy atom. The summed E-state index contributed by atoms with van der Waals surface area (Å²) in [6, 6.07) is 3.09. The molecule has 1 aromatic heterocycles. The molecule has 1 saturated heterocycles. The zero-order valence-corrected chi connectivity index (χ0v) is 12.4. The number of carbonyl (C=O) groups is 2. The van der Waals surface area contributed by atoms with E-state index in [1.165, 1.54) is 0 Å². The van der Waals surface area contributed by atoms with Crippen molar-refractivity contribution in [2.45, 2.75) is 26.3 Å². The lowest BCUT2D eigenvalue weighted by atomic mass is 10.1. The van der Waals surface area contributed by atoms with E-state index in [9.17, 15) is 9.59 Å². The first-order valence-electron chi connectivity index (χ1n) is 6.64. The number of halogens is 1. The monoisotopic (exact) mass is 307 g/mol. The smallest absolute Gasteiger partial charge is 0.328 e.